The van der Waals surface area contributed by atoms with Crippen LogP contribution in [0.2, 0.25) is 0 Å². The van der Waals surface area contributed by atoms with E-state index in [1.165, 1.54) is 10.6 Å². The predicted molar refractivity (Wildman–Crippen MR) is 108 cm³/mol. The van der Waals surface area contributed by atoms with Crippen LogP contribution in [0.3, 0.4) is 0 Å². The largest absolute Gasteiger partial charge is 0.494 e. The van der Waals surface area contributed by atoms with E-state index in [0.29, 0.717) is 16.8 Å². The van der Waals surface area contributed by atoms with E-state index < -0.39 is 11.7 Å². The van der Waals surface area contributed by atoms with Crippen molar-refractivity contribution in [1.82, 2.24) is 9.99 Å². The number of aromatic hydroxyl groups is 1. The lowest BCUT2D eigenvalue weighted by Crippen LogP contribution is -2.20. The lowest BCUT2D eigenvalue weighted by Gasteiger charge is -2.10. The molecule has 0 unspecified atom stereocenters. The molecule has 3 aromatic rings. The van der Waals surface area contributed by atoms with Crippen molar-refractivity contribution < 1.29 is 23.1 Å². The van der Waals surface area contributed by atoms with E-state index in [2.05, 4.69) is 10.5 Å². The van der Waals surface area contributed by atoms with Gasteiger partial charge < -0.3 is 5.11 Å². The number of hydrogen-bond acceptors (Lipinski definition) is 3. The molecule has 1 amide bonds. The van der Waals surface area contributed by atoms with Crippen molar-refractivity contribution in [2.45, 2.75) is 32.9 Å². The van der Waals surface area contributed by atoms with E-state index in [1.54, 1.807) is 19.1 Å². The Kier molecular flexibility index (Phi) is 4.80. The third-order valence-corrected chi connectivity index (χ3v) is 5.21. The summed E-state index contributed by atoms with van der Waals surface area (Å²) in [4.78, 5) is 11.9. The van der Waals surface area contributed by atoms with Gasteiger partial charge in [-0.2, -0.15) is 18.3 Å². The Hall–Kier alpha value is -3.29. The molecule has 1 aliphatic rings. The summed E-state index contributed by atoms with van der Waals surface area (Å²) in [5.41, 5.74) is 3.93. The maximum absolute atomic E-state index is 13.3. The van der Waals surface area contributed by atoms with Crippen LogP contribution in [0.25, 0.3) is 16.6 Å². The number of fused-ring (bicyclic) bond motifs is 1. The number of aryl methyl sites for hydroxylation is 1. The van der Waals surface area contributed by atoms with Crippen molar-refractivity contribution in [2.75, 3.05) is 0 Å². The van der Waals surface area contributed by atoms with Gasteiger partial charge >= 0.3 is 6.18 Å². The third kappa shape index (κ3) is 3.65. The molecule has 156 valence electrons. The minimum Gasteiger partial charge on any atom is -0.494 e. The van der Waals surface area contributed by atoms with Crippen LogP contribution in [0.4, 0.5) is 13.2 Å². The highest BCUT2D eigenvalue weighted by Crippen LogP contribution is 2.38. The lowest BCUT2D eigenvalue weighted by molar-refractivity contribution is -0.137. The van der Waals surface area contributed by atoms with Crippen LogP contribution in [0.15, 0.2) is 47.6 Å². The van der Waals surface area contributed by atoms with E-state index in [9.17, 15) is 23.1 Å². The molecule has 0 radical (unpaired) electrons. The SMILES string of the molecule is CC(=NNC(=O)C1CC1)c1c(O)n(-c2ccc(C)cc2)c2cc(C(F)(F)F)ccc12. The fourth-order valence-electron chi connectivity index (χ4n) is 3.39. The Balaban J connectivity index is 1.89. The number of carbonyl (C=O) groups excluding carboxylic acids is 1. The molecule has 1 aromatic heterocycles. The number of nitrogens with one attached hydrogen (secondary N) is 1. The molecule has 1 heterocycles. The first-order chi connectivity index (χ1) is 14.2. The van der Waals surface area contributed by atoms with Crippen LogP contribution in [0.1, 0.15) is 36.5 Å². The molecule has 0 aliphatic heterocycles. The van der Waals surface area contributed by atoms with Gasteiger partial charge in [0, 0.05) is 17.0 Å². The zero-order valence-corrected chi connectivity index (χ0v) is 16.4. The van der Waals surface area contributed by atoms with Crippen LogP contribution in [-0.4, -0.2) is 21.3 Å². The van der Waals surface area contributed by atoms with E-state index in [4.69, 9.17) is 0 Å². The van der Waals surface area contributed by atoms with Crippen LogP contribution in [0, 0.1) is 12.8 Å². The topological polar surface area (TPSA) is 66.6 Å². The Bertz CT molecular complexity index is 1160. The first kappa shape index (κ1) is 20.0. The molecule has 0 spiro atoms. The summed E-state index contributed by atoms with van der Waals surface area (Å²) in [5.74, 6) is -0.482. The molecule has 0 bridgehead atoms. The highest BCUT2D eigenvalue weighted by Gasteiger charge is 2.32. The summed E-state index contributed by atoms with van der Waals surface area (Å²) in [6, 6.07) is 10.4. The molecule has 4 rings (SSSR count). The molecule has 0 saturated heterocycles. The van der Waals surface area contributed by atoms with Crippen LogP contribution in [0.5, 0.6) is 5.88 Å². The first-order valence-corrected chi connectivity index (χ1v) is 9.53. The second-order valence-electron chi connectivity index (χ2n) is 7.55. The number of amides is 1. The average Bonchev–Trinajstić information content (AvgIpc) is 3.49. The summed E-state index contributed by atoms with van der Waals surface area (Å²) in [6.45, 7) is 3.49. The van der Waals surface area contributed by atoms with Crippen molar-refractivity contribution in [3.8, 4) is 11.6 Å². The maximum atomic E-state index is 13.3. The van der Waals surface area contributed by atoms with Crippen molar-refractivity contribution in [3.63, 3.8) is 0 Å². The zero-order valence-electron chi connectivity index (χ0n) is 16.4. The molecule has 1 aliphatic carbocycles. The average molecular weight is 415 g/mol. The number of hydrazone groups is 1. The predicted octanol–water partition coefficient (Wildman–Crippen LogP) is 4.91. The molecule has 2 N–H and O–H groups in total. The lowest BCUT2D eigenvalue weighted by atomic mass is 10.1. The van der Waals surface area contributed by atoms with Crippen molar-refractivity contribution in [3.05, 3.63) is 59.2 Å². The summed E-state index contributed by atoms with van der Waals surface area (Å²) >= 11 is 0. The van der Waals surface area contributed by atoms with Crippen LogP contribution >= 0.6 is 0 Å². The van der Waals surface area contributed by atoms with Gasteiger partial charge in [-0.25, -0.2) is 5.43 Å². The molecule has 30 heavy (non-hydrogen) atoms. The summed E-state index contributed by atoms with van der Waals surface area (Å²) < 4.78 is 41.3. The smallest absolute Gasteiger partial charge is 0.416 e. The minimum absolute atomic E-state index is 0.0432. The molecular weight excluding hydrogens is 395 g/mol. The molecule has 0 atom stereocenters. The van der Waals surface area contributed by atoms with Crippen molar-refractivity contribution in [2.24, 2.45) is 11.0 Å². The number of halogens is 3. The van der Waals surface area contributed by atoms with E-state index in [1.807, 2.05) is 19.1 Å². The number of nitrogens with zero attached hydrogens (tertiary/aromatic N) is 2. The van der Waals surface area contributed by atoms with E-state index in [-0.39, 0.29) is 28.8 Å². The normalized spacial score (nSPS) is 14.9. The standard InChI is InChI=1S/C22H20F3N3O2/c1-12-3-8-16(9-4-12)28-18-11-15(22(23,24)25)7-10-17(18)19(21(28)30)13(2)26-27-20(29)14-5-6-14/h3-4,7-11,14,30H,5-6H2,1-2H3,(H,27,29). The number of carbonyl (C=O) groups is 1. The fraction of sp³-hybridized carbons (Fsp3) is 0.273. The van der Waals surface area contributed by atoms with Crippen molar-refractivity contribution >= 4 is 22.5 Å². The number of hydrogen-bond donors (Lipinski definition) is 2. The first-order valence-electron chi connectivity index (χ1n) is 9.53. The molecule has 8 heteroatoms. The Morgan fingerprint density at radius 3 is 2.43 bits per heavy atom. The highest BCUT2D eigenvalue weighted by atomic mass is 19.4. The zero-order chi connectivity index (χ0) is 21.6. The summed E-state index contributed by atoms with van der Waals surface area (Å²) in [5, 5.41) is 15.5. The van der Waals surface area contributed by atoms with E-state index >= 15 is 0 Å². The van der Waals surface area contributed by atoms with Gasteiger partial charge in [-0.1, -0.05) is 23.8 Å². The molecule has 2 aromatic carbocycles. The number of aromatic nitrogens is 1. The number of alkyl halides is 3. The van der Waals surface area contributed by atoms with Gasteiger partial charge in [0.2, 0.25) is 11.8 Å². The highest BCUT2D eigenvalue weighted by molar-refractivity contribution is 6.13. The van der Waals surface area contributed by atoms with Gasteiger partial charge in [-0.3, -0.25) is 9.36 Å². The third-order valence-electron chi connectivity index (χ3n) is 5.21. The van der Waals surface area contributed by atoms with Gasteiger partial charge in [0.1, 0.15) is 0 Å². The molecule has 5 nitrogen and oxygen atoms in total. The molecular formula is C22H20F3N3O2. The number of benzene rings is 2. The summed E-state index contributed by atoms with van der Waals surface area (Å²) in [7, 11) is 0. The maximum Gasteiger partial charge on any atom is 0.416 e. The Labute approximate surface area is 170 Å². The fourth-order valence-corrected chi connectivity index (χ4v) is 3.39. The second kappa shape index (κ2) is 7.19. The van der Waals surface area contributed by atoms with Gasteiger partial charge in [0.05, 0.1) is 22.4 Å². The van der Waals surface area contributed by atoms with Crippen molar-refractivity contribution in [1.29, 1.82) is 0 Å². The van der Waals surface area contributed by atoms with Gasteiger partial charge in [0.15, 0.2) is 0 Å². The quantitative estimate of drug-likeness (QED) is 0.470. The minimum atomic E-state index is -4.52. The summed E-state index contributed by atoms with van der Waals surface area (Å²) in [6.07, 6.45) is -2.88. The monoisotopic (exact) mass is 415 g/mol. The van der Waals surface area contributed by atoms with Gasteiger partial charge in [-0.05, 0) is 51.0 Å². The van der Waals surface area contributed by atoms with Gasteiger partial charge in [0.25, 0.3) is 0 Å². The molecule has 1 fully saturated rings. The number of rotatable bonds is 4. The van der Waals surface area contributed by atoms with Crippen LogP contribution in [-0.2, 0) is 11.0 Å². The van der Waals surface area contributed by atoms with Crippen LogP contribution < -0.4 is 5.43 Å². The van der Waals surface area contributed by atoms with Gasteiger partial charge in [-0.15, -0.1) is 0 Å². The molecule has 1 saturated carbocycles. The Morgan fingerprint density at radius 2 is 1.83 bits per heavy atom. The van der Waals surface area contributed by atoms with E-state index in [0.717, 1.165) is 30.5 Å². The second-order valence-corrected chi connectivity index (χ2v) is 7.55. The Morgan fingerprint density at radius 1 is 1.17 bits per heavy atom.